The number of amides is 1. The van der Waals surface area contributed by atoms with Gasteiger partial charge in [0.05, 0.1) is 0 Å². The lowest BCUT2D eigenvalue weighted by atomic mass is 10.2. The minimum absolute atomic E-state index is 0.204. The molecule has 0 aromatic rings. The fourth-order valence-electron chi connectivity index (χ4n) is 0.895. The summed E-state index contributed by atoms with van der Waals surface area (Å²) in [5.41, 5.74) is -0.585. The Morgan fingerprint density at radius 2 is 1.94 bits per heavy atom. The zero-order chi connectivity index (χ0) is 13.5. The van der Waals surface area contributed by atoms with Crippen molar-refractivity contribution >= 4 is 12.1 Å². The number of nitrogens with one attached hydrogen (secondary N) is 1. The Kier molecular flexibility index (Phi) is 6.31. The average molecular weight is 243 g/mol. The largest absolute Gasteiger partial charge is 0.460 e. The van der Waals surface area contributed by atoms with Gasteiger partial charge in [-0.3, -0.25) is 0 Å². The van der Waals surface area contributed by atoms with Gasteiger partial charge in [0.2, 0.25) is 0 Å². The van der Waals surface area contributed by atoms with E-state index in [1.165, 1.54) is 0 Å². The Labute approximate surface area is 102 Å². The monoisotopic (exact) mass is 243 g/mol. The molecule has 0 bridgehead atoms. The van der Waals surface area contributed by atoms with Crippen LogP contribution in [0.4, 0.5) is 4.79 Å². The Bertz CT molecular complexity index is 291. The SMILES string of the molecule is C/C=C/COC(=O)C(C)NC(=O)OC(C)(C)C. The van der Waals surface area contributed by atoms with Crippen molar-refractivity contribution in [2.75, 3.05) is 6.61 Å². The second-order valence-electron chi connectivity index (χ2n) is 4.57. The molecule has 1 N–H and O–H groups in total. The number of allylic oxidation sites excluding steroid dienone is 1. The highest BCUT2D eigenvalue weighted by Gasteiger charge is 2.21. The molecule has 0 saturated heterocycles. The van der Waals surface area contributed by atoms with Crippen LogP contribution in [0.2, 0.25) is 0 Å². The van der Waals surface area contributed by atoms with E-state index in [2.05, 4.69) is 5.32 Å². The topological polar surface area (TPSA) is 64.6 Å². The van der Waals surface area contributed by atoms with Gasteiger partial charge in [0.1, 0.15) is 18.2 Å². The fraction of sp³-hybridized carbons (Fsp3) is 0.667. The highest BCUT2D eigenvalue weighted by molar-refractivity contribution is 5.81. The minimum Gasteiger partial charge on any atom is -0.460 e. The molecular formula is C12H21NO4. The predicted octanol–water partition coefficient (Wildman–Crippen LogP) is 2.02. The molecule has 1 atom stereocenters. The van der Waals surface area contributed by atoms with Crippen molar-refractivity contribution in [1.82, 2.24) is 5.32 Å². The zero-order valence-corrected chi connectivity index (χ0v) is 11.1. The van der Waals surface area contributed by atoms with Crippen molar-refractivity contribution in [2.24, 2.45) is 0 Å². The summed E-state index contributed by atoms with van der Waals surface area (Å²) < 4.78 is 9.89. The lowest BCUT2D eigenvalue weighted by molar-refractivity contribution is -0.144. The average Bonchev–Trinajstić information content (AvgIpc) is 2.14. The lowest BCUT2D eigenvalue weighted by Gasteiger charge is -2.21. The molecule has 98 valence electrons. The second kappa shape index (κ2) is 6.93. The van der Waals surface area contributed by atoms with Gasteiger partial charge in [-0.1, -0.05) is 12.2 Å². The molecule has 1 unspecified atom stereocenters. The van der Waals surface area contributed by atoms with Crippen LogP contribution in [-0.4, -0.2) is 30.3 Å². The molecule has 0 heterocycles. The number of alkyl carbamates (subject to hydrolysis) is 1. The molecule has 17 heavy (non-hydrogen) atoms. The molecule has 0 aliphatic carbocycles. The van der Waals surface area contributed by atoms with Gasteiger partial charge >= 0.3 is 12.1 Å². The van der Waals surface area contributed by atoms with Crippen molar-refractivity contribution in [3.63, 3.8) is 0 Å². The van der Waals surface area contributed by atoms with Gasteiger partial charge in [-0.15, -0.1) is 0 Å². The van der Waals surface area contributed by atoms with E-state index in [0.29, 0.717) is 0 Å². The summed E-state index contributed by atoms with van der Waals surface area (Å²) in [5, 5.41) is 2.40. The predicted molar refractivity (Wildman–Crippen MR) is 64.6 cm³/mol. The van der Waals surface area contributed by atoms with Gasteiger partial charge in [-0.25, -0.2) is 9.59 Å². The first kappa shape index (κ1) is 15.5. The van der Waals surface area contributed by atoms with Gasteiger partial charge in [0, 0.05) is 0 Å². The van der Waals surface area contributed by atoms with Crippen LogP contribution in [0.15, 0.2) is 12.2 Å². The zero-order valence-electron chi connectivity index (χ0n) is 11.1. The van der Waals surface area contributed by atoms with Crippen LogP contribution in [0.1, 0.15) is 34.6 Å². The van der Waals surface area contributed by atoms with Gasteiger partial charge in [-0.05, 0) is 34.6 Å². The number of carbonyl (C=O) groups is 2. The van der Waals surface area contributed by atoms with Crippen molar-refractivity contribution in [3.8, 4) is 0 Å². The summed E-state index contributed by atoms with van der Waals surface area (Å²) in [5.74, 6) is -0.492. The van der Waals surface area contributed by atoms with Gasteiger partial charge in [-0.2, -0.15) is 0 Å². The highest BCUT2D eigenvalue weighted by atomic mass is 16.6. The van der Waals surface area contributed by atoms with E-state index in [4.69, 9.17) is 9.47 Å². The maximum Gasteiger partial charge on any atom is 0.408 e. The maximum atomic E-state index is 11.4. The van der Waals surface area contributed by atoms with E-state index in [1.807, 2.05) is 6.92 Å². The van der Waals surface area contributed by atoms with Gasteiger partial charge < -0.3 is 14.8 Å². The summed E-state index contributed by atoms with van der Waals surface area (Å²) in [6, 6.07) is -0.727. The molecule has 0 rings (SSSR count). The van der Waals surface area contributed by atoms with Crippen molar-refractivity contribution in [1.29, 1.82) is 0 Å². The maximum absolute atomic E-state index is 11.4. The first-order valence-corrected chi connectivity index (χ1v) is 5.53. The number of hydrogen-bond donors (Lipinski definition) is 1. The normalized spacial score (nSPS) is 13.2. The molecule has 0 aromatic carbocycles. The standard InChI is InChI=1S/C12H21NO4/c1-6-7-8-16-10(14)9(2)13-11(15)17-12(3,4)5/h6-7,9H,8H2,1-5H3,(H,13,15)/b7-6+. The van der Waals surface area contributed by atoms with Crippen LogP contribution >= 0.6 is 0 Å². The molecule has 0 aliphatic rings. The molecule has 0 aliphatic heterocycles. The molecule has 0 saturated carbocycles. The first-order valence-electron chi connectivity index (χ1n) is 5.53. The van der Waals surface area contributed by atoms with Crippen LogP contribution in [0, 0.1) is 0 Å². The number of carbonyl (C=O) groups excluding carboxylic acids is 2. The number of esters is 1. The molecule has 0 radical (unpaired) electrons. The molecule has 5 nitrogen and oxygen atoms in total. The van der Waals surface area contributed by atoms with Crippen LogP contribution in [0.5, 0.6) is 0 Å². The number of ether oxygens (including phenoxy) is 2. The van der Waals surface area contributed by atoms with E-state index in [0.717, 1.165) is 0 Å². The third kappa shape index (κ3) is 8.30. The molecule has 0 fully saturated rings. The van der Waals surface area contributed by atoms with E-state index >= 15 is 0 Å². The molecule has 0 aromatic heterocycles. The quantitative estimate of drug-likeness (QED) is 0.606. The van der Waals surface area contributed by atoms with E-state index in [-0.39, 0.29) is 6.61 Å². The number of hydrogen-bond acceptors (Lipinski definition) is 4. The third-order valence-corrected chi connectivity index (χ3v) is 1.64. The van der Waals surface area contributed by atoms with E-state index < -0.39 is 23.7 Å². The minimum atomic E-state index is -0.727. The summed E-state index contributed by atoms with van der Waals surface area (Å²) in [6.07, 6.45) is 2.85. The van der Waals surface area contributed by atoms with Crippen molar-refractivity contribution in [3.05, 3.63) is 12.2 Å². The van der Waals surface area contributed by atoms with Crippen LogP contribution in [0.3, 0.4) is 0 Å². The van der Waals surface area contributed by atoms with E-state index in [9.17, 15) is 9.59 Å². The van der Waals surface area contributed by atoms with Gasteiger partial charge in [0.25, 0.3) is 0 Å². The molecule has 5 heteroatoms. The van der Waals surface area contributed by atoms with Crippen molar-refractivity contribution in [2.45, 2.75) is 46.3 Å². The summed E-state index contributed by atoms with van der Waals surface area (Å²) >= 11 is 0. The molecular weight excluding hydrogens is 222 g/mol. The number of rotatable bonds is 4. The van der Waals surface area contributed by atoms with Crippen LogP contribution in [0.25, 0.3) is 0 Å². The first-order chi connectivity index (χ1) is 7.76. The second-order valence-corrected chi connectivity index (χ2v) is 4.57. The Morgan fingerprint density at radius 3 is 2.41 bits per heavy atom. The molecule has 0 spiro atoms. The van der Waals surface area contributed by atoms with Gasteiger partial charge in [0.15, 0.2) is 0 Å². The highest BCUT2D eigenvalue weighted by Crippen LogP contribution is 2.06. The Balaban J connectivity index is 4.03. The smallest absolute Gasteiger partial charge is 0.408 e. The van der Waals surface area contributed by atoms with Crippen molar-refractivity contribution < 1.29 is 19.1 Å². The Hall–Kier alpha value is -1.52. The summed E-state index contributed by atoms with van der Waals surface area (Å²) in [6.45, 7) is 8.83. The summed E-state index contributed by atoms with van der Waals surface area (Å²) in [7, 11) is 0. The fourth-order valence-corrected chi connectivity index (χ4v) is 0.895. The van der Waals surface area contributed by atoms with Crippen LogP contribution in [-0.2, 0) is 14.3 Å². The molecule has 1 amide bonds. The van der Waals surface area contributed by atoms with E-state index in [1.54, 1.807) is 39.8 Å². The van der Waals surface area contributed by atoms with Crippen LogP contribution < -0.4 is 5.32 Å². The third-order valence-electron chi connectivity index (χ3n) is 1.64. The summed E-state index contributed by atoms with van der Waals surface area (Å²) in [4.78, 5) is 22.7. The Morgan fingerprint density at radius 1 is 1.35 bits per heavy atom. The lowest BCUT2D eigenvalue weighted by Crippen LogP contribution is -2.42.